The van der Waals surface area contributed by atoms with Gasteiger partial charge >= 0.3 is 16.1 Å². The van der Waals surface area contributed by atoms with Gasteiger partial charge in [0.05, 0.1) is 24.9 Å². The minimum Gasteiger partial charge on any atom is -0.466 e. The lowest BCUT2D eigenvalue weighted by Crippen LogP contribution is -2.12. The van der Waals surface area contributed by atoms with E-state index in [2.05, 4.69) is 24.7 Å². The summed E-state index contributed by atoms with van der Waals surface area (Å²) >= 11 is 0. The number of allylic oxidation sites excluding steroid dienone is 3. The first kappa shape index (κ1) is 23.2. The number of epoxide rings is 1. The molecule has 0 N–H and O–H groups in total. The predicted molar refractivity (Wildman–Crippen MR) is 111 cm³/mol. The first-order chi connectivity index (χ1) is 13.6. The zero-order chi connectivity index (χ0) is 21.7. The van der Waals surface area contributed by atoms with Crippen LogP contribution in [0.15, 0.2) is 52.6 Å². The van der Waals surface area contributed by atoms with E-state index in [-0.39, 0.29) is 28.8 Å². The van der Waals surface area contributed by atoms with E-state index in [0.717, 1.165) is 24.5 Å². The van der Waals surface area contributed by atoms with Crippen molar-refractivity contribution in [2.75, 3.05) is 7.11 Å². The molecule has 0 bridgehead atoms. The molecule has 0 unspecified atom stereocenters. The molecule has 2 rings (SSSR count). The van der Waals surface area contributed by atoms with Gasteiger partial charge in [-0.2, -0.15) is 8.42 Å². The molecule has 0 aromatic heterocycles. The van der Waals surface area contributed by atoms with Gasteiger partial charge in [0.15, 0.2) is 0 Å². The molecule has 160 valence electrons. The normalized spacial score (nSPS) is 21.4. The average molecular weight is 423 g/mol. The lowest BCUT2D eigenvalue weighted by atomic mass is 9.97. The summed E-state index contributed by atoms with van der Waals surface area (Å²) < 4.78 is 40.8. The molecule has 1 fully saturated rings. The first-order valence-corrected chi connectivity index (χ1v) is 11.1. The van der Waals surface area contributed by atoms with Crippen LogP contribution >= 0.6 is 0 Å². The van der Waals surface area contributed by atoms with E-state index >= 15 is 0 Å². The van der Waals surface area contributed by atoms with Crippen LogP contribution in [0.2, 0.25) is 0 Å². The van der Waals surface area contributed by atoms with E-state index in [4.69, 9.17) is 8.92 Å². The fourth-order valence-electron chi connectivity index (χ4n) is 3.02. The summed E-state index contributed by atoms with van der Waals surface area (Å²) in [4.78, 5) is 11.7. The van der Waals surface area contributed by atoms with Crippen LogP contribution in [0.1, 0.15) is 52.0 Å². The quantitative estimate of drug-likeness (QED) is 0.138. The summed E-state index contributed by atoms with van der Waals surface area (Å²) in [5, 5.41) is 0. The number of carbonyl (C=O) groups excluding carboxylic acids is 1. The molecule has 0 radical (unpaired) electrons. The van der Waals surface area contributed by atoms with Crippen LogP contribution in [0.3, 0.4) is 0 Å². The van der Waals surface area contributed by atoms with Gasteiger partial charge in [-0.1, -0.05) is 29.3 Å². The Bertz CT molecular complexity index is 878. The Morgan fingerprint density at radius 2 is 1.90 bits per heavy atom. The Morgan fingerprint density at radius 1 is 1.24 bits per heavy atom. The first-order valence-electron chi connectivity index (χ1n) is 9.66. The van der Waals surface area contributed by atoms with Crippen molar-refractivity contribution in [1.29, 1.82) is 0 Å². The zero-order valence-electron chi connectivity index (χ0n) is 17.7. The maximum atomic E-state index is 12.6. The largest absolute Gasteiger partial charge is 0.466 e. The van der Waals surface area contributed by atoms with E-state index in [1.807, 2.05) is 13.8 Å². The van der Waals surface area contributed by atoms with E-state index in [1.54, 1.807) is 12.1 Å². The number of carbonyl (C=O) groups is 1. The smallest absolute Gasteiger partial charge is 0.338 e. The molecule has 2 atom stereocenters. The molecule has 6 nitrogen and oxygen atoms in total. The maximum absolute atomic E-state index is 12.6. The molecule has 7 heteroatoms. The fourth-order valence-corrected chi connectivity index (χ4v) is 4.00. The second kappa shape index (κ2) is 9.59. The number of rotatable bonds is 10. The predicted octanol–water partition coefficient (Wildman–Crippen LogP) is 4.44. The molecule has 0 amide bonds. The third kappa shape index (κ3) is 7.01. The molecule has 0 aliphatic carbocycles. The molecule has 1 saturated heterocycles. The summed E-state index contributed by atoms with van der Waals surface area (Å²) in [6.45, 7) is 8.03. The van der Waals surface area contributed by atoms with Gasteiger partial charge in [-0.05, 0) is 59.1 Å². The number of ether oxygens (including phenoxy) is 2. The molecule has 0 spiro atoms. The molecule has 1 aromatic rings. The number of benzene rings is 1. The van der Waals surface area contributed by atoms with Crippen molar-refractivity contribution < 1.29 is 26.9 Å². The Morgan fingerprint density at radius 3 is 2.48 bits per heavy atom. The second-order valence-electron chi connectivity index (χ2n) is 7.76. The minimum absolute atomic E-state index is 0.000196. The number of hydrogen-bond donors (Lipinski definition) is 0. The topological polar surface area (TPSA) is 82.2 Å². The molecular formula is C22H30O6S. The SMILES string of the molecule is COC(=O)/C=C(/CC[C@@H]1O[C@@]1(C)CCC=C(C)C)OS(=O)(=O)c1ccc(C)cc1. The van der Waals surface area contributed by atoms with E-state index in [1.165, 1.54) is 24.8 Å². The standard InChI is InChI=1S/C22H30O6S/c1-16(2)7-6-14-22(4)20(27-22)13-10-18(15-21(23)26-5)28-29(24,25)19-11-8-17(3)9-12-19/h7-9,11-12,15,20H,6,10,13-14H2,1-5H3/b18-15-/t20-,22-/m0/s1. The van der Waals surface area contributed by atoms with Crippen LogP contribution in [-0.2, 0) is 28.6 Å². The lowest BCUT2D eigenvalue weighted by Gasteiger charge is -2.11. The van der Waals surface area contributed by atoms with Crippen molar-refractivity contribution in [2.24, 2.45) is 0 Å². The van der Waals surface area contributed by atoms with E-state index < -0.39 is 16.1 Å². The van der Waals surface area contributed by atoms with Crippen LogP contribution in [0.4, 0.5) is 0 Å². The highest BCUT2D eigenvalue weighted by Crippen LogP contribution is 2.43. The summed E-state index contributed by atoms with van der Waals surface area (Å²) in [5.74, 6) is -0.623. The third-order valence-corrected chi connectivity index (χ3v) is 6.17. The number of methoxy groups -OCH3 is 1. The monoisotopic (exact) mass is 422 g/mol. The Kier molecular flexibility index (Phi) is 7.66. The van der Waals surface area contributed by atoms with Gasteiger partial charge < -0.3 is 13.7 Å². The molecule has 1 aliphatic heterocycles. The van der Waals surface area contributed by atoms with Gasteiger partial charge in [-0.25, -0.2) is 4.79 Å². The van der Waals surface area contributed by atoms with Gasteiger partial charge in [0.1, 0.15) is 10.7 Å². The van der Waals surface area contributed by atoms with Crippen LogP contribution in [0.25, 0.3) is 0 Å². The molecule has 1 aliphatic rings. The van der Waals surface area contributed by atoms with Crippen LogP contribution in [0, 0.1) is 6.92 Å². The van der Waals surface area contributed by atoms with E-state index in [0.29, 0.717) is 6.42 Å². The number of esters is 1. The molecule has 0 saturated carbocycles. The van der Waals surface area contributed by atoms with Crippen molar-refractivity contribution >= 4 is 16.1 Å². The van der Waals surface area contributed by atoms with Crippen LogP contribution in [-0.4, -0.2) is 33.2 Å². The fraction of sp³-hybridized carbons (Fsp3) is 0.500. The number of hydrogen-bond acceptors (Lipinski definition) is 6. The summed E-state index contributed by atoms with van der Waals surface area (Å²) in [6.07, 6.45) is 5.87. The average Bonchev–Trinajstić information content (AvgIpc) is 3.29. The maximum Gasteiger partial charge on any atom is 0.338 e. The van der Waals surface area contributed by atoms with Gasteiger partial charge in [0.25, 0.3) is 0 Å². The number of aryl methyl sites for hydroxylation is 1. The van der Waals surface area contributed by atoms with Crippen molar-refractivity contribution in [3.05, 3.63) is 53.3 Å². The highest BCUT2D eigenvalue weighted by Gasteiger charge is 2.50. The van der Waals surface area contributed by atoms with Crippen LogP contribution < -0.4 is 0 Å². The minimum atomic E-state index is -4.03. The van der Waals surface area contributed by atoms with Gasteiger partial charge in [0, 0.05) is 6.42 Å². The molecule has 29 heavy (non-hydrogen) atoms. The van der Waals surface area contributed by atoms with Crippen molar-refractivity contribution in [2.45, 2.75) is 70.0 Å². The highest BCUT2D eigenvalue weighted by molar-refractivity contribution is 7.86. The van der Waals surface area contributed by atoms with Gasteiger partial charge in [0.2, 0.25) is 0 Å². The lowest BCUT2D eigenvalue weighted by molar-refractivity contribution is -0.135. The van der Waals surface area contributed by atoms with Gasteiger partial charge in [-0.3, -0.25) is 0 Å². The van der Waals surface area contributed by atoms with Gasteiger partial charge in [-0.15, -0.1) is 0 Å². The second-order valence-corrected chi connectivity index (χ2v) is 9.31. The molecule has 1 aromatic carbocycles. The Hall–Kier alpha value is -2.12. The third-order valence-electron chi connectivity index (χ3n) is 4.89. The molecule has 1 heterocycles. The highest BCUT2D eigenvalue weighted by atomic mass is 32.2. The van der Waals surface area contributed by atoms with Crippen molar-refractivity contribution in [3.63, 3.8) is 0 Å². The van der Waals surface area contributed by atoms with Crippen LogP contribution in [0.5, 0.6) is 0 Å². The Balaban J connectivity index is 2.03. The van der Waals surface area contributed by atoms with E-state index in [9.17, 15) is 13.2 Å². The van der Waals surface area contributed by atoms with Crippen molar-refractivity contribution in [3.8, 4) is 0 Å². The zero-order valence-corrected chi connectivity index (χ0v) is 18.5. The summed E-state index contributed by atoms with van der Waals surface area (Å²) in [5.41, 5.74) is 1.98. The van der Waals surface area contributed by atoms with Crippen molar-refractivity contribution in [1.82, 2.24) is 0 Å². The summed E-state index contributed by atoms with van der Waals surface area (Å²) in [6, 6.07) is 6.33. The molecular weight excluding hydrogens is 392 g/mol. The Labute approximate surface area is 173 Å². The summed E-state index contributed by atoms with van der Waals surface area (Å²) in [7, 11) is -2.80.